The molecule has 0 N–H and O–H groups in total. The van der Waals surface area contributed by atoms with Crippen molar-refractivity contribution in [3.05, 3.63) is 59.7 Å². The van der Waals surface area contributed by atoms with Crippen LogP contribution in [-0.4, -0.2) is 23.2 Å². The molecule has 2 aromatic rings. The van der Waals surface area contributed by atoms with E-state index in [0.717, 1.165) is 0 Å². The van der Waals surface area contributed by atoms with Crippen LogP contribution in [0.4, 0.5) is 0 Å². The van der Waals surface area contributed by atoms with Crippen molar-refractivity contribution >= 4 is 29.8 Å². The maximum absolute atomic E-state index is 2.28. The SMILES string of the molecule is Cc1cc[c]([Bi+][c]2ccc(C)cc2)cc1. The summed E-state index contributed by atoms with van der Waals surface area (Å²) in [5, 5.41) is 0. The van der Waals surface area contributed by atoms with Crippen LogP contribution in [0.15, 0.2) is 48.5 Å². The average Bonchev–Trinajstić information content (AvgIpc) is 2.25. The third kappa shape index (κ3) is 3.14. The Balaban J connectivity index is 2.15. The van der Waals surface area contributed by atoms with Gasteiger partial charge in [0, 0.05) is 0 Å². The van der Waals surface area contributed by atoms with Gasteiger partial charge in [0.1, 0.15) is 0 Å². The molecule has 0 saturated carbocycles. The third-order valence-electron chi connectivity index (χ3n) is 2.33. The van der Waals surface area contributed by atoms with Gasteiger partial charge in [-0.05, 0) is 0 Å². The number of rotatable bonds is 2. The zero-order chi connectivity index (χ0) is 10.7. The summed E-state index contributed by atoms with van der Waals surface area (Å²) in [6.07, 6.45) is 0. The van der Waals surface area contributed by atoms with E-state index >= 15 is 0 Å². The molecule has 0 fully saturated rings. The van der Waals surface area contributed by atoms with E-state index in [-0.39, 0.29) is 0 Å². The number of hydrogen-bond donors (Lipinski definition) is 0. The molecule has 0 unspecified atom stereocenters. The second kappa shape index (κ2) is 4.90. The molecule has 0 amide bonds. The van der Waals surface area contributed by atoms with E-state index in [2.05, 4.69) is 62.4 Å². The molecule has 2 rings (SSSR count). The fraction of sp³-hybridized carbons (Fsp3) is 0.143. The van der Waals surface area contributed by atoms with Crippen LogP contribution in [0, 0.1) is 13.8 Å². The van der Waals surface area contributed by atoms with Crippen molar-refractivity contribution in [2.75, 3.05) is 0 Å². The molecule has 0 nitrogen and oxygen atoms in total. The van der Waals surface area contributed by atoms with E-state index in [4.69, 9.17) is 0 Å². The van der Waals surface area contributed by atoms with Gasteiger partial charge >= 0.3 is 103 Å². The van der Waals surface area contributed by atoms with Gasteiger partial charge in [0.2, 0.25) is 0 Å². The van der Waals surface area contributed by atoms with Crippen LogP contribution in [0.1, 0.15) is 11.1 Å². The van der Waals surface area contributed by atoms with Crippen LogP contribution in [0.5, 0.6) is 0 Å². The van der Waals surface area contributed by atoms with E-state index < -0.39 is 23.2 Å². The summed E-state index contributed by atoms with van der Waals surface area (Å²) in [6.45, 7) is 4.28. The van der Waals surface area contributed by atoms with Crippen LogP contribution in [0.3, 0.4) is 0 Å². The number of benzene rings is 2. The van der Waals surface area contributed by atoms with E-state index in [1.54, 1.807) is 6.54 Å². The first-order chi connectivity index (χ1) is 7.24. The van der Waals surface area contributed by atoms with Crippen molar-refractivity contribution in [2.24, 2.45) is 0 Å². The minimum atomic E-state index is -0.654. The summed E-state index contributed by atoms with van der Waals surface area (Å²) in [4.78, 5) is 0. The average molecular weight is 391 g/mol. The summed E-state index contributed by atoms with van der Waals surface area (Å²) in [5.74, 6) is 0. The molecule has 0 heterocycles. The van der Waals surface area contributed by atoms with Crippen LogP contribution in [0.25, 0.3) is 0 Å². The van der Waals surface area contributed by atoms with Crippen LogP contribution < -0.4 is 6.54 Å². The van der Waals surface area contributed by atoms with Crippen molar-refractivity contribution in [1.82, 2.24) is 0 Å². The topological polar surface area (TPSA) is 0 Å². The van der Waals surface area contributed by atoms with Gasteiger partial charge in [-0.1, -0.05) is 0 Å². The Kier molecular flexibility index (Phi) is 3.54. The van der Waals surface area contributed by atoms with Crippen molar-refractivity contribution < 1.29 is 0 Å². The number of aryl methyl sites for hydroxylation is 2. The second-order valence-corrected chi connectivity index (χ2v) is 8.67. The standard InChI is InChI=1S/2C7H7.Bi/c2*1-7-5-3-2-4-6-7;/h2*3-6H,1H3;/q;;+1. The van der Waals surface area contributed by atoms with Crippen molar-refractivity contribution in [1.29, 1.82) is 0 Å². The molecule has 0 aromatic heterocycles. The first-order valence-electron chi connectivity index (χ1n) is 5.09. The van der Waals surface area contributed by atoms with Crippen LogP contribution in [0.2, 0.25) is 0 Å². The maximum atomic E-state index is 2.28. The molecule has 1 heteroatoms. The molecule has 0 aliphatic rings. The molecule has 2 aromatic carbocycles. The fourth-order valence-corrected chi connectivity index (χ4v) is 4.86. The predicted molar refractivity (Wildman–Crippen MR) is 67.4 cm³/mol. The summed E-state index contributed by atoms with van der Waals surface area (Å²) >= 11 is -0.654. The molecule has 0 saturated heterocycles. The Bertz CT molecular complexity index is 382. The second-order valence-electron chi connectivity index (χ2n) is 3.78. The molecule has 2 radical (unpaired) electrons. The Morgan fingerprint density at radius 3 is 1.27 bits per heavy atom. The van der Waals surface area contributed by atoms with Crippen molar-refractivity contribution in [3.8, 4) is 0 Å². The van der Waals surface area contributed by atoms with Gasteiger partial charge in [-0.25, -0.2) is 0 Å². The Morgan fingerprint density at radius 2 is 0.933 bits per heavy atom. The fourth-order valence-electron chi connectivity index (χ4n) is 1.39. The zero-order valence-corrected chi connectivity index (χ0v) is 12.5. The van der Waals surface area contributed by atoms with E-state index in [0.29, 0.717) is 0 Å². The molecule has 0 bridgehead atoms. The monoisotopic (exact) mass is 391 g/mol. The normalized spacial score (nSPS) is 10.3. The molecular formula is C14H14Bi+. The van der Waals surface area contributed by atoms with Crippen molar-refractivity contribution in [3.63, 3.8) is 0 Å². The third-order valence-corrected chi connectivity index (χ3v) is 6.65. The summed E-state index contributed by atoms with van der Waals surface area (Å²) in [5.41, 5.74) is 2.70. The molecule has 74 valence electrons. The zero-order valence-electron chi connectivity index (χ0n) is 9.07. The van der Waals surface area contributed by atoms with Gasteiger partial charge in [0.05, 0.1) is 0 Å². The quantitative estimate of drug-likeness (QED) is 0.687. The van der Waals surface area contributed by atoms with Crippen LogP contribution >= 0.6 is 0 Å². The number of hydrogen-bond acceptors (Lipinski definition) is 0. The molecule has 0 aliphatic carbocycles. The van der Waals surface area contributed by atoms with Gasteiger partial charge in [0.25, 0.3) is 0 Å². The van der Waals surface area contributed by atoms with Crippen molar-refractivity contribution in [2.45, 2.75) is 13.8 Å². The Labute approximate surface area is 103 Å². The molecule has 15 heavy (non-hydrogen) atoms. The van der Waals surface area contributed by atoms with Gasteiger partial charge in [-0.2, -0.15) is 0 Å². The molecule has 0 atom stereocenters. The summed E-state index contributed by atoms with van der Waals surface area (Å²) in [7, 11) is 0. The Hall–Kier alpha value is -0.677. The Morgan fingerprint density at radius 1 is 0.600 bits per heavy atom. The summed E-state index contributed by atoms with van der Waals surface area (Å²) < 4.78 is 3.12. The van der Waals surface area contributed by atoms with Gasteiger partial charge in [0.15, 0.2) is 0 Å². The molecule has 0 spiro atoms. The molecular weight excluding hydrogens is 377 g/mol. The predicted octanol–water partition coefficient (Wildman–Crippen LogP) is 1.96. The molecule has 0 aliphatic heterocycles. The van der Waals surface area contributed by atoms with Gasteiger partial charge in [-0.3, -0.25) is 0 Å². The van der Waals surface area contributed by atoms with Gasteiger partial charge < -0.3 is 0 Å². The van der Waals surface area contributed by atoms with E-state index in [9.17, 15) is 0 Å². The van der Waals surface area contributed by atoms with E-state index in [1.165, 1.54) is 11.1 Å². The minimum absolute atomic E-state index is 0.654. The van der Waals surface area contributed by atoms with Gasteiger partial charge in [-0.15, -0.1) is 0 Å². The van der Waals surface area contributed by atoms with Crippen LogP contribution in [-0.2, 0) is 0 Å². The van der Waals surface area contributed by atoms with E-state index in [1.807, 2.05) is 0 Å². The summed E-state index contributed by atoms with van der Waals surface area (Å²) in [6, 6.07) is 18.0. The first kappa shape index (κ1) is 10.8. The first-order valence-corrected chi connectivity index (χ1v) is 8.57.